The van der Waals surface area contributed by atoms with E-state index < -0.39 is 0 Å². The number of rotatable bonds is 6. The van der Waals surface area contributed by atoms with Gasteiger partial charge in [0.25, 0.3) is 5.91 Å². The molecule has 1 aromatic heterocycles. The van der Waals surface area contributed by atoms with Crippen LogP contribution in [0.5, 0.6) is 0 Å². The first-order valence-corrected chi connectivity index (χ1v) is 9.46. The van der Waals surface area contributed by atoms with Gasteiger partial charge in [-0.05, 0) is 36.6 Å². The smallest absolute Gasteiger partial charge is 0.254 e. The van der Waals surface area contributed by atoms with Crippen molar-refractivity contribution in [1.29, 1.82) is 0 Å². The maximum Gasteiger partial charge on any atom is 0.254 e. The van der Waals surface area contributed by atoms with Crippen LogP contribution in [0.3, 0.4) is 0 Å². The van der Waals surface area contributed by atoms with Crippen LogP contribution in [0.1, 0.15) is 35.3 Å². The van der Waals surface area contributed by atoms with E-state index in [2.05, 4.69) is 55.0 Å². The predicted molar refractivity (Wildman–Crippen MR) is 113 cm³/mol. The molecule has 0 atom stereocenters. The summed E-state index contributed by atoms with van der Waals surface area (Å²) in [6.07, 6.45) is 1.62. The summed E-state index contributed by atoms with van der Waals surface area (Å²) in [6, 6.07) is 17.4. The molecule has 0 bridgehead atoms. The minimum atomic E-state index is 0.0000260. The summed E-state index contributed by atoms with van der Waals surface area (Å²) >= 11 is 0. The molecule has 5 nitrogen and oxygen atoms in total. The van der Waals surface area contributed by atoms with Crippen molar-refractivity contribution in [3.8, 4) is 11.4 Å². The minimum Gasteiger partial charge on any atom is -0.384 e. The molecule has 0 aliphatic heterocycles. The molecule has 28 heavy (non-hydrogen) atoms. The van der Waals surface area contributed by atoms with Gasteiger partial charge in [0.2, 0.25) is 0 Å². The predicted octanol–water partition coefficient (Wildman–Crippen LogP) is 4.33. The quantitative estimate of drug-likeness (QED) is 0.697. The maximum atomic E-state index is 13.3. The Morgan fingerprint density at radius 3 is 2.54 bits per heavy atom. The number of benzene rings is 2. The van der Waals surface area contributed by atoms with Gasteiger partial charge in [-0.2, -0.15) is 0 Å². The van der Waals surface area contributed by atoms with Gasteiger partial charge in [0, 0.05) is 30.4 Å². The topological polar surface area (TPSA) is 72.1 Å². The van der Waals surface area contributed by atoms with Gasteiger partial charge in [-0.15, -0.1) is 0 Å². The number of amides is 1. The van der Waals surface area contributed by atoms with Crippen LogP contribution in [0, 0.1) is 12.8 Å². The summed E-state index contributed by atoms with van der Waals surface area (Å²) in [7, 11) is 0. The first-order valence-electron chi connectivity index (χ1n) is 9.46. The molecule has 1 heterocycles. The van der Waals surface area contributed by atoms with Crippen molar-refractivity contribution in [3.63, 3.8) is 0 Å². The van der Waals surface area contributed by atoms with Crippen LogP contribution in [-0.2, 0) is 6.54 Å². The van der Waals surface area contributed by atoms with E-state index in [9.17, 15) is 4.79 Å². The molecule has 2 aromatic carbocycles. The van der Waals surface area contributed by atoms with Gasteiger partial charge in [-0.1, -0.05) is 55.8 Å². The number of nitrogens with two attached hydrogens (primary N) is 1. The van der Waals surface area contributed by atoms with E-state index in [1.54, 1.807) is 12.3 Å². The molecular formula is C23H26N4O. The standard InChI is InChI=1S/C23H26N4O/c1-16(2)14-27(15-18-9-7-17(3)8-10-18)23(28)20-6-4-5-19(13-20)22-25-12-11-21(24)26-22/h4-13,16H,14-15H2,1-3H3,(H2,24,25,26). The van der Waals surface area contributed by atoms with E-state index in [1.807, 2.05) is 29.2 Å². The molecule has 3 rings (SSSR count). The van der Waals surface area contributed by atoms with Gasteiger partial charge in [-0.25, -0.2) is 9.97 Å². The van der Waals surface area contributed by atoms with Gasteiger partial charge < -0.3 is 10.6 Å². The van der Waals surface area contributed by atoms with E-state index >= 15 is 0 Å². The molecule has 1 amide bonds. The van der Waals surface area contributed by atoms with Crippen LogP contribution in [-0.4, -0.2) is 27.3 Å². The number of nitrogen functional groups attached to an aromatic ring is 1. The van der Waals surface area contributed by atoms with Crippen LogP contribution >= 0.6 is 0 Å². The second-order valence-corrected chi connectivity index (χ2v) is 7.45. The second kappa shape index (κ2) is 8.65. The second-order valence-electron chi connectivity index (χ2n) is 7.45. The Labute approximate surface area is 166 Å². The van der Waals surface area contributed by atoms with Crippen LogP contribution in [0.4, 0.5) is 5.82 Å². The highest BCUT2D eigenvalue weighted by Crippen LogP contribution is 2.19. The largest absolute Gasteiger partial charge is 0.384 e. The third-order valence-electron chi connectivity index (χ3n) is 4.41. The van der Waals surface area contributed by atoms with Crippen molar-refractivity contribution in [2.24, 2.45) is 5.92 Å². The number of aromatic nitrogens is 2. The third-order valence-corrected chi connectivity index (χ3v) is 4.41. The molecule has 0 spiro atoms. The fourth-order valence-corrected chi connectivity index (χ4v) is 3.06. The molecule has 0 saturated carbocycles. The normalized spacial score (nSPS) is 10.9. The molecule has 2 N–H and O–H groups in total. The summed E-state index contributed by atoms with van der Waals surface area (Å²) in [5.41, 5.74) is 9.49. The van der Waals surface area contributed by atoms with Crippen molar-refractivity contribution in [3.05, 3.63) is 77.5 Å². The number of hydrogen-bond acceptors (Lipinski definition) is 4. The molecule has 0 radical (unpaired) electrons. The lowest BCUT2D eigenvalue weighted by Gasteiger charge is -2.25. The van der Waals surface area contributed by atoms with Gasteiger partial charge >= 0.3 is 0 Å². The van der Waals surface area contributed by atoms with Crippen molar-refractivity contribution in [1.82, 2.24) is 14.9 Å². The first-order chi connectivity index (χ1) is 13.4. The molecule has 5 heteroatoms. The van der Waals surface area contributed by atoms with Crippen molar-refractivity contribution in [2.45, 2.75) is 27.3 Å². The zero-order valence-corrected chi connectivity index (χ0v) is 16.6. The highest BCUT2D eigenvalue weighted by Gasteiger charge is 2.18. The van der Waals surface area contributed by atoms with Crippen LogP contribution < -0.4 is 5.73 Å². The number of hydrogen-bond donors (Lipinski definition) is 1. The molecule has 0 unspecified atom stereocenters. The highest BCUT2D eigenvalue weighted by molar-refractivity contribution is 5.95. The van der Waals surface area contributed by atoms with Crippen molar-refractivity contribution in [2.75, 3.05) is 12.3 Å². The van der Waals surface area contributed by atoms with E-state index in [-0.39, 0.29) is 5.91 Å². The Balaban J connectivity index is 1.87. The Morgan fingerprint density at radius 1 is 1.11 bits per heavy atom. The summed E-state index contributed by atoms with van der Waals surface area (Å²) in [4.78, 5) is 23.7. The van der Waals surface area contributed by atoms with E-state index in [4.69, 9.17) is 5.73 Å². The van der Waals surface area contributed by atoms with E-state index in [1.165, 1.54) is 5.56 Å². The van der Waals surface area contributed by atoms with E-state index in [0.29, 0.717) is 36.2 Å². The summed E-state index contributed by atoms with van der Waals surface area (Å²) in [6.45, 7) is 7.56. The average Bonchev–Trinajstić information content (AvgIpc) is 2.68. The molecule has 144 valence electrons. The molecule has 0 saturated heterocycles. The zero-order chi connectivity index (χ0) is 20.1. The van der Waals surface area contributed by atoms with Crippen molar-refractivity contribution < 1.29 is 4.79 Å². The lowest BCUT2D eigenvalue weighted by molar-refractivity contribution is 0.0722. The van der Waals surface area contributed by atoms with Gasteiger partial charge in [0.05, 0.1) is 0 Å². The Bertz CT molecular complexity index is 951. The lowest BCUT2D eigenvalue weighted by atomic mass is 10.1. The number of carbonyl (C=O) groups excluding carboxylic acids is 1. The van der Waals surface area contributed by atoms with E-state index in [0.717, 1.165) is 11.1 Å². The van der Waals surface area contributed by atoms with Gasteiger partial charge in [0.15, 0.2) is 5.82 Å². The third kappa shape index (κ3) is 4.94. The molecule has 3 aromatic rings. The summed E-state index contributed by atoms with van der Waals surface area (Å²) in [5.74, 6) is 1.29. The molecular weight excluding hydrogens is 348 g/mol. The summed E-state index contributed by atoms with van der Waals surface area (Å²) < 4.78 is 0. The maximum absolute atomic E-state index is 13.3. The number of aryl methyl sites for hydroxylation is 1. The Morgan fingerprint density at radius 2 is 1.86 bits per heavy atom. The SMILES string of the molecule is Cc1ccc(CN(CC(C)C)C(=O)c2cccc(-c3nccc(N)n3)c2)cc1. The molecule has 0 aliphatic rings. The number of anilines is 1. The first kappa shape index (κ1) is 19.5. The van der Waals surface area contributed by atoms with Crippen molar-refractivity contribution >= 4 is 11.7 Å². The monoisotopic (exact) mass is 374 g/mol. The number of nitrogens with zero attached hydrogens (tertiary/aromatic N) is 3. The van der Waals surface area contributed by atoms with Crippen LogP contribution in [0.25, 0.3) is 11.4 Å². The van der Waals surface area contributed by atoms with Crippen LogP contribution in [0.15, 0.2) is 60.8 Å². The Hall–Kier alpha value is -3.21. The molecule has 0 aliphatic carbocycles. The highest BCUT2D eigenvalue weighted by atomic mass is 16.2. The average molecular weight is 374 g/mol. The minimum absolute atomic E-state index is 0.0000260. The fraction of sp³-hybridized carbons (Fsp3) is 0.261. The van der Waals surface area contributed by atoms with Gasteiger partial charge in [0.1, 0.15) is 5.82 Å². The lowest BCUT2D eigenvalue weighted by Crippen LogP contribution is -2.33. The number of carbonyl (C=O) groups is 1. The van der Waals surface area contributed by atoms with Crippen LogP contribution in [0.2, 0.25) is 0 Å². The molecule has 0 fully saturated rings. The zero-order valence-electron chi connectivity index (χ0n) is 16.6. The van der Waals surface area contributed by atoms with Gasteiger partial charge in [-0.3, -0.25) is 4.79 Å². The summed E-state index contributed by atoms with van der Waals surface area (Å²) in [5, 5.41) is 0. The fourth-order valence-electron chi connectivity index (χ4n) is 3.06. The Kier molecular flexibility index (Phi) is 6.04.